The quantitative estimate of drug-likeness (QED) is 0.310. The van der Waals surface area contributed by atoms with E-state index in [9.17, 15) is 36.2 Å². The maximum Gasteiger partial charge on any atom is 0.573 e. The molecule has 0 aromatic heterocycles. The number of halogens is 7. The molecular weight excluding hydrogens is 498 g/mol. The summed E-state index contributed by atoms with van der Waals surface area (Å²) < 4.78 is 78.1. The Morgan fingerprint density at radius 1 is 1.10 bits per heavy atom. The lowest BCUT2D eigenvalue weighted by Crippen LogP contribution is -2.19. The molecule has 0 radical (unpaired) electrons. The summed E-state index contributed by atoms with van der Waals surface area (Å²) in [5.74, 6) is -1.43. The Morgan fingerprint density at radius 3 is 2.26 bits per heavy atom. The maximum absolute atomic E-state index is 12.6. The van der Waals surface area contributed by atoms with E-state index in [1.165, 1.54) is 18.2 Å². The molecule has 1 atom stereocenters. The number of ether oxygens (including phenoxy) is 1. The summed E-state index contributed by atoms with van der Waals surface area (Å²) in [6.07, 6.45) is -10.2. The molecule has 0 saturated heterocycles. The standard InChI is InChI=1S/C19H13BrF6N2O3/c20-11-3-6-14(28-8-7-15(27)18(21,22)23)13(9-11)17(30)16(29)10-1-4-12(5-2-10)31-19(24,25)26/h1-9,17,30H,27H2. The van der Waals surface area contributed by atoms with Crippen LogP contribution in [0.25, 0.3) is 0 Å². The SMILES string of the molecule is NC(=CC=Nc1ccc(Br)cc1C(O)C(=O)c1ccc(OC(F)(F)F)cc1)C(F)(F)F. The molecule has 0 amide bonds. The molecule has 31 heavy (non-hydrogen) atoms. The van der Waals surface area contributed by atoms with Gasteiger partial charge in [0.2, 0.25) is 0 Å². The van der Waals surface area contributed by atoms with Gasteiger partial charge in [-0.3, -0.25) is 9.79 Å². The molecule has 12 heteroatoms. The zero-order valence-electron chi connectivity index (χ0n) is 15.2. The summed E-state index contributed by atoms with van der Waals surface area (Å²) in [5, 5.41) is 10.5. The third kappa shape index (κ3) is 7.10. The Balaban J connectivity index is 2.29. The number of aliphatic imine (C=N–C) groups is 1. The number of hydrogen-bond acceptors (Lipinski definition) is 5. The number of rotatable bonds is 6. The molecule has 0 fully saturated rings. The number of alkyl halides is 6. The number of benzene rings is 2. The zero-order valence-corrected chi connectivity index (χ0v) is 16.8. The average Bonchev–Trinajstić information content (AvgIpc) is 2.66. The van der Waals surface area contributed by atoms with Crippen LogP contribution in [0.1, 0.15) is 22.0 Å². The predicted octanol–water partition coefficient (Wildman–Crippen LogP) is 5.37. The third-order valence-electron chi connectivity index (χ3n) is 3.70. The molecule has 0 aliphatic rings. The van der Waals surface area contributed by atoms with Crippen LogP contribution < -0.4 is 10.5 Å². The van der Waals surface area contributed by atoms with Crippen LogP contribution in [0.2, 0.25) is 0 Å². The van der Waals surface area contributed by atoms with Crippen LogP contribution in [0.4, 0.5) is 32.0 Å². The van der Waals surface area contributed by atoms with E-state index in [0.29, 0.717) is 10.5 Å². The highest BCUT2D eigenvalue weighted by molar-refractivity contribution is 9.10. The normalized spacial score (nSPS) is 14.0. The van der Waals surface area contributed by atoms with Crippen molar-refractivity contribution >= 4 is 33.6 Å². The highest BCUT2D eigenvalue weighted by Crippen LogP contribution is 2.32. The van der Waals surface area contributed by atoms with Crippen LogP contribution in [0.3, 0.4) is 0 Å². The molecule has 0 heterocycles. The van der Waals surface area contributed by atoms with E-state index < -0.39 is 35.9 Å². The van der Waals surface area contributed by atoms with Gasteiger partial charge in [0.05, 0.1) is 5.69 Å². The van der Waals surface area contributed by atoms with E-state index in [0.717, 1.165) is 30.5 Å². The number of allylic oxidation sites excluding steroid dienone is 2. The van der Waals surface area contributed by atoms with E-state index in [-0.39, 0.29) is 16.8 Å². The van der Waals surface area contributed by atoms with Crippen molar-refractivity contribution in [1.82, 2.24) is 0 Å². The Hall–Kier alpha value is -2.86. The van der Waals surface area contributed by atoms with Gasteiger partial charge in [-0.25, -0.2) is 0 Å². The van der Waals surface area contributed by atoms with Crippen LogP contribution >= 0.6 is 15.9 Å². The number of nitrogens with two attached hydrogens (primary N) is 1. The lowest BCUT2D eigenvalue weighted by atomic mass is 9.98. The van der Waals surface area contributed by atoms with E-state index in [4.69, 9.17) is 5.73 Å². The molecule has 0 aliphatic heterocycles. The van der Waals surface area contributed by atoms with Gasteiger partial charge >= 0.3 is 12.5 Å². The van der Waals surface area contributed by atoms with Crippen molar-refractivity contribution in [3.8, 4) is 5.75 Å². The Labute approximate surface area is 180 Å². The van der Waals surface area contributed by atoms with Gasteiger partial charge in [-0.15, -0.1) is 13.2 Å². The predicted molar refractivity (Wildman–Crippen MR) is 103 cm³/mol. The molecule has 2 aromatic rings. The minimum absolute atomic E-state index is 0.0210. The van der Waals surface area contributed by atoms with E-state index >= 15 is 0 Å². The molecule has 2 rings (SSSR count). The molecular formula is C19H13BrF6N2O3. The lowest BCUT2D eigenvalue weighted by molar-refractivity contribution is -0.274. The van der Waals surface area contributed by atoms with Crippen molar-refractivity contribution in [3.05, 3.63) is 69.8 Å². The fraction of sp³-hybridized carbons (Fsp3) is 0.158. The molecule has 1 unspecified atom stereocenters. The van der Waals surface area contributed by atoms with E-state index in [2.05, 4.69) is 25.7 Å². The largest absolute Gasteiger partial charge is 0.573 e. The van der Waals surface area contributed by atoms with Crippen LogP contribution in [0.15, 0.2) is 63.7 Å². The van der Waals surface area contributed by atoms with Crippen molar-refractivity contribution < 1.29 is 41.0 Å². The molecule has 3 N–H and O–H groups in total. The van der Waals surface area contributed by atoms with Gasteiger partial charge in [0.1, 0.15) is 17.6 Å². The van der Waals surface area contributed by atoms with Gasteiger partial charge in [0, 0.05) is 21.8 Å². The second-order valence-electron chi connectivity index (χ2n) is 5.94. The topological polar surface area (TPSA) is 84.9 Å². The van der Waals surface area contributed by atoms with E-state index in [1.807, 2.05) is 0 Å². The number of aliphatic hydroxyl groups is 1. The van der Waals surface area contributed by atoms with Crippen molar-refractivity contribution in [1.29, 1.82) is 0 Å². The van der Waals surface area contributed by atoms with Crippen LogP contribution in [-0.4, -0.2) is 29.6 Å². The smallest absolute Gasteiger partial charge is 0.406 e. The van der Waals surface area contributed by atoms with Crippen LogP contribution in [0, 0.1) is 0 Å². The van der Waals surface area contributed by atoms with E-state index in [1.54, 1.807) is 0 Å². The monoisotopic (exact) mass is 510 g/mol. The molecule has 0 saturated carbocycles. The first-order chi connectivity index (χ1) is 14.3. The highest BCUT2D eigenvalue weighted by atomic mass is 79.9. The second kappa shape index (κ2) is 9.52. The first kappa shape index (κ1) is 24.4. The molecule has 0 bridgehead atoms. The van der Waals surface area contributed by atoms with Gasteiger partial charge in [-0.2, -0.15) is 13.2 Å². The molecule has 5 nitrogen and oxygen atoms in total. The Bertz CT molecular complexity index is 1000. The van der Waals surface area contributed by atoms with Gasteiger partial charge in [0.15, 0.2) is 5.78 Å². The minimum atomic E-state index is -4.90. The van der Waals surface area contributed by atoms with Crippen molar-refractivity contribution in [2.24, 2.45) is 10.7 Å². The summed E-state index contributed by atoms with van der Waals surface area (Å²) in [4.78, 5) is 16.4. The Kier molecular flexibility index (Phi) is 7.49. The van der Waals surface area contributed by atoms with Crippen molar-refractivity contribution in [2.45, 2.75) is 18.6 Å². The molecule has 166 valence electrons. The van der Waals surface area contributed by atoms with Crippen molar-refractivity contribution in [2.75, 3.05) is 0 Å². The highest BCUT2D eigenvalue weighted by Gasteiger charge is 2.32. The maximum atomic E-state index is 12.6. The lowest BCUT2D eigenvalue weighted by Gasteiger charge is -2.14. The number of carbonyl (C=O) groups excluding carboxylic acids is 1. The van der Waals surface area contributed by atoms with Gasteiger partial charge < -0.3 is 15.6 Å². The molecule has 0 aliphatic carbocycles. The number of hydrogen-bond donors (Lipinski definition) is 2. The first-order valence-electron chi connectivity index (χ1n) is 8.22. The zero-order chi connectivity index (χ0) is 23.4. The van der Waals surface area contributed by atoms with Gasteiger partial charge in [0.25, 0.3) is 0 Å². The number of nitrogens with zero attached hydrogens (tertiary/aromatic N) is 1. The van der Waals surface area contributed by atoms with Gasteiger partial charge in [-0.1, -0.05) is 15.9 Å². The average molecular weight is 511 g/mol. The van der Waals surface area contributed by atoms with Crippen LogP contribution in [-0.2, 0) is 0 Å². The summed E-state index contributed by atoms with van der Waals surface area (Å²) in [6, 6.07) is 8.00. The molecule has 0 spiro atoms. The summed E-state index contributed by atoms with van der Waals surface area (Å²) in [5.41, 5.74) is 3.27. The number of aliphatic hydroxyl groups excluding tert-OH is 1. The van der Waals surface area contributed by atoms with Crippen LogP contribution in [0.5, 0.6) is 5.75 Å². The number of carbonyl (C=O) groups is 1. The third-order valence-corrected chi connectivity index (χ3v) is 4.19. The Morgan fingerprint density at radius 2 is 1.71 bits per heavy atom. The summed E-state index contributed by atoms with van der Waals surface area (Å²) in [7, 11) is 0. The van der Waals surface area contributed by atoms with Gasteiger partial charge in [-0.05, 0) is 48.5 Å². The summed E-state index contributed by atoms with van der Waals surface area (Å²) in [6.45, 7) is 0. The minimum Gasteiger partial charge on any atom is -0.406 e. The van der Waals surface area contributed by atoms with Crippen molar-refractivity contribution in [3.63, 3.8) is 0 Å². The fourth-order valence-electron chi connectivity index (χ4n) is 2.27. The fourth-order valence-corrected chi connectivity index (χ4v) is 2.65. The first-order valence-corrected chi connectivity index (χ1v) is 9.02. The summed E-state index contributed by atoms with van der Waals surface area (Å²) >= 11 is 3.15. The number of ketones is 1. The number of Topliss-reactive ketones (excluding diaryl/α,β-unsaturated/α-hetero) is 1. The molecule has 2 aromatic carbocycles. The second-order valence-corrected chi connectivity index (χ2v) is 6.86.